The molecule has 1 aliphatic carbocycles. The predicted molar refractivity (Wildman–Crippen MR) is 39.7 cm³/mol. The van der Waals surface area contributed by atoms with Crippen LogP contribution in [-0.2, 0) is 0 Å². The number of allylic oxidation sites excluding steroid dienone is 2. The van der Waals surface area contributed by atoms with Gasteiger partial charge >= 0.3 is 0 Å². The monoisotopic (exact) mass is 140 g/mol. The van der Waals surface area contributed by atoms with Gasteiger partial charge in [0.2, 0.25) is 0 Å². The molecular formula is C7H12N2O. The first-order chi connectivity index (χ1) is 4.70. The topological polar surface area (TPSA) is 72.3 Å². The maximum atomic E-state index is 8.94. The second-order valence-electron chi connectivity index (χ2n) is 2.46. The maximum absolute atomic E-state index is 8.94. The minimum absolute atomic E-state index is 0.00926. The zero-order valence-electron chi connectivity index (χ0n) is 5.70. The van der Waals surface area contributed by atoms with E-state index in [1.165, 1.54) is 0 Å². The molecule has 0 heterocycles. The molecule has 2 unspecified atom stereocenters. The Labute approximate surface area is 60.0 Å². The Hall–Kier alpha value is -0.800. The highest BCUT2D eigenvalue weighted by Gasteiger charge is 2.13. The van der Waals surface area contributed by atoms with E-state index in [-0.39, 0.29) is 5.92 Å². The Morgan fingerprint density at radius 3 is 2.80 bits per heavy atom. The van der Waals surface area contributed by atoms with Crippen LogP contribution in [0.15, 0.2) is 23.9 Å². The van der Waals surface area contributed by atoms with Crippen LogP contribution >= 0.6 is 0 Å². The standard InChI is InChI=1S/C7H12N2O/c8-6-3-1-2-5(4-6)7(9)10/h1,3-5,7,10H,2,8-9H2. The fraction of sp³-hybridized carbons (Fsp3) is 0.429. The van der Waals surface area contributed by atoms with E-state index in [1.807, 2.05) is 12.2 Å². The molecule has 0 saturated heterocycles. The van der Waals surface area contributed by atoms with Crippen molar-refractivity contribution in [1.29, 1.82) is 0 Å². The third-order valence-corrected chi connectivity index (χ3v) is 1.56. The Bertz CT molecular complexity index is 172. The third-order valence-electron chi connectivity index (χ3n) is 1.56. The van der Waals surface area contributed by atoms with Gasteiger partial charge in [-0.1, -0.05) is 12.2 Å². The van der Waals surface area contributed by atoms with Crippen LogP contribution < -0.4 is 11.5 Å². The molecule has 0 aromatic rings. The molecule has 0 aromatic carbocycles. The number of aliphatic hydroxyl groups is 1. The Morgan fingerprint density at radius 1 is 1.70 bits per heavy atom. The minimum atomic E-state index is -0.788. The summed E-state index contributed by atoms with van der Waals surface area (Å²) in [6.07, 6.45) is 5.50. The summed E-state index contributed by atoms with van der Waals surface area (Å²) in [7, 11) is 0. The van der Waals surface area contributed by atoms with Crippen molar-refractivity contribution in [2.75, 3.05) is 0 Å². The van der Waals surface area contributed by atoms with Gasteiger partial charge in [0, 0.05) is 11.6 Å². The van der Waals surface area contributed by atoms with Gasteiger partial charge in [-0.25, -0.2) is 0 Å². The Balaban J connectivity index is 2.60. The van der Waals surface area contributed by atoms with Crippen molar-refractivity contribution in [1.82, 2.24) is 0 Å². The smallest absolute Gasteiger partial charge is 0.109 e. The van der Waals surface area contributed by atoms with Crippen LogP contribution in [0.1, 0.15) is 6.42 Å². The van der Waals surface area contributed by atoms with Crippen molar-refractivity contribution in [3.63, 3.8) is 0 Å². The van der Waals surface area contributed by atoms with E-state index in [9.17, 15) is 0 Å². The fourth-order valence-corrected chi connectivity index (χ4v) is 0.970. The fourth-order valence-electron chi connectivity index (χ4n) is 0.970. The molecular weight excluding hydrogens is 128 g/mol. The highest BCUT2D eigenvalue weighted by molar-refractivity contribution is 5.20. The van der Waals surface area contributed by atoms with Gasteiger partial charge in [0.15, 0.2) is 0 Å². The van der Waals surface area contributed by atoms with Gasteiger partial charge in [0.25, 0.3) is 0 Å². The van der Waals surface area contributed by atoms with Crippen molar-refractivity contribution < 1.29 is 5.11 Å². The predicted octanol–water partition coefficient (Wildman–Crippen LogP) is -0.318. The number of nitrogens with two attached hydrogens (primary N) is 2. The van der Waals surface area contributed by atoms with Crippen molar-refractivity contribution in [2.45, 2.75) is 12.6 Å². The zero-order valence-corrected chi connectivity index (χ0v) is 5.70. The van der Waals surface area contributed by atoms with Gasteiger partial charge in [-0.15, -0.1) is 0 Å². The van der Waals surface area contributed by atoms with E-state index in [0.29, 0.717) is 5.70 Å². The summed E-state index contributed by atoms with van der Waals surface area (Å²) in [6.45, 7) is 0. The number of aliphatic hydroxyl groups excluding tert-OH is 1. The molecule has 0 bridgehead atoms. The zero-order chi connectivity index (χ0) is 7.56. The number of rotatable bonds is 1. The summed E-state index contributed by atoms with van der Waals surface area (Å²) >= 11 is 0. The SMILES string of the molecule is NC1=CC(C(N)O)CC=C1. The van der Waals surface area contributed by atoms with E-state index < -0.39 is 6.23 Å². The minimum Gasteiger partial charge on any atom is -0.399 e. The molecule has 3 nitrogen and oxygen atoms in total. The lowest BCUT2D eigenvalue weighted by Crippen LogP contribution is -2.29. The Morgan fingerprint density at radius 2 is 2.40 bits per heavy atom. The van der Waals surface area contributed by atoms with Crippen LogP contribution in [0.4, 0.5) is 0 Å². The van der Waals surface area contributed by atoms with Gasteiger partial charge in [0.05, 0.1) is 0 Å². The molecule has 0 saturated carbocycles. The van der Waals surface area contributed by atoms with E-state index in [1.54, 1.807) is 6.08 Å². The molecule has 1 aliphatic rings. The van der Waals surface area contributed by atoms with Crippen LogP contribution in [0.5, 0.6) is 0 Å². The maximum Gasteiger partial charge on any atom is 0.109 e. The second kappa shape index (κ2) is 2.86. The average Bonchev–Trinajstić information content (AvgIpc) is 1.88. The summed E-state index contributed by atoms with van der Waals surface area (Å²) in [4.78, 5) is 0. The first-order valence-corrected chi connectivity index (χ1v) is 3.27. The highest BCUT2D eigenvalue weighted by atomic mass is 16.3. The summed E-state index contributed by atoms with van der Waals surface area (Å²) in [5.41, 5.74) is 11.4. The molecule has 0 fully saturated rings. The van der Waals surface area contributed by atoms with Crippen molar-refractivity contribution in [3.8, 4) is 0 Å². The largest absolute Gasteiger partial charge is 0.399 e. The lowest BCUT2D eigenvalue weighted by atomic mass is 9.98. The molecule has 0 spiro atoms. The molecule has 56 valence electrons. The molecule has 5 N–H and O–H groups in total. The summed E-state index contributed by atoms with van der Waals surface area (Å²) in [5.74, 6) is -0.00926. The van der Waals surface area contributed by atoms with Gasteiger partial charge in [-0.3, -0.25) is 0 Å². The molecule has 2 atom stereocenters. The van der Waals surface area contributed by atoms with Crippen LogP contribution in [0.2, 0.25) is 0 Å². The number of hydrogen-bond donors (Lipinski definition) is 3. The van der Waals surface area contributed by atoms with E-state index in [2.05, 4.69) is 0 Å². The normalized spacial score (nSPS) is 27.8. The van der Waals surface area contributed by atoms with Crippen molar-refractivity contribution >= 4 is 0 Å². The first-order valence-electron chi connectivity index (χ1n) is 3.27. The highest BCUT2D eigenvalue weighted by Crippen LogP contribution is 2.14. The first kappa shape index (κ1) is 7.31. The van der Waals surface area contributed by atoms with Crippen molar-refractivity contribution in [2.24, 2.45) is 17.4 Å². The van der Waals surface area contributed by atoms with Gasteiger partial charge in [0.1, 0.15) is 6.23 Å². The molecule has 0 radical (unpaired) electrons. The molecule has 10 heavy (non-hydrogen) atoms. The van der Waals surface area contributed by atoms with Gasteiger partial charge in [-0.2, -0.15) is 0 Å². The van der Waals surface area contributed by atoms with Crippen LogP contribution in [-0.4, -0.2) is 11.3 Å². The van der Waals surface area contributed by atoms with E-state index in [4.69, 9.17) is 16.6 Å². The summed E-state index contributed by atoms with van der Waals surface area (Å²) < 4.78 is 0. The summed E-state index contributed by atoms with van der Waals surface area (Å²) in [6, 6.07) is 0. The second-order valence-corrected chi connectivity index (χ2v) is 2.46. The lowest BCUT2D eigenvalue weighted by molar-refractivity contribution is 0.137. The lowest BCUT2D eigenvalue weighted by Gasteiger charge is -2.16. The molecule has 0 aliphatic heterocycles. The Kier molecular flexibility index (Phi) is 2.09. The van der Waals surface area contributed by atoms with E-state index in [0.717, 1.165) is 6.42 Å². The number of hydrogen-bond acceptors (Lipinski definition) is 3. The van der Waals surface area contributed by atoms with Crippen molar-refractivity contribution in [3.05, 3.63) is 23.9 Å². The third kappa shape index (κ3) is 1.59. The van der Waals surface area contributed by atoms with Crippen LogP contribution in [0.3, 0.4) is 0 Å². The van der Waals surface area contributed by atoms with E-state index >= 15 is 0 Å². The molecule has 1 rings (SSSR count). The van der Waals surface area contributed by atoms with Crippen LogP contribution in [0, 0.1) is 5.92 Å². The quantitative estimate of drug-likeness (QED) is 0.437. The molecule has 3 heteroatoms. The van der Waals surface area contributed by atoms with Gasteiger partial charge in [-0.05, 0) is 12.5 Å². The molecule has 0 aromatic heterocycles. The van der Waals surface area contributed by atoms with Gasteiger partial charge < -0.3 is 16.6 Å². The van der Waals surface area contributed by atoms with Crippen LogP contribution in [0.25, 0.3) is 0 Å². The molecule has 0 amide bonds. The summed E-state index contributed by atoms with van der Waals surface area (Å²) in [5, 5.41) is 8.94. The average molecular weight is 140 g/mol.